The molecule has 0 radical (unpaired) electrons. The molecule has 1 heterocycles. The summed E-state index contributed by atoms with van der Waals surface area (Å²) in [5, 5.41) is 3.39. The predicted octanol–water partition coefficient (Wildman–Crippen LogP) is 4.91. The number of carbonyl (C=O) groups excluding carboxylic acids is 2. The summed E-state index contributed by atoms with van der Waals surface area (Å²) in [5.74, 6) is -0.927. The fraction of sp³-hybridized carbons (Fsp3) is 0.280. The van der Waals surface area contributed by atoms with Gasteiger partial charge in [0.25, 0.3) is 10.0 Å². The number of nitrogens with zero attached hydrogens (tertiary/aromatic N) is 1. The minimum Gasteiger partial charge on any atom is -0.495 e. The summed E-state index contributed by atoms with van der Waals surface area (Å²) >= 11 is 7.51. The molecule has 0 atom stereocenters. The molecule has 36 heavy (non-hydrogen) atoms. The number of sulfonamides is 1. The van der Waals surface area contributed by atoms with Crippen molar-refractivity contribution in [3.05, 3.63) is 69.6 Å². The molecule has 0 unspecified atom stereocenters. The van der Waals surface area contributed by atoms with Gasteiger partial charge in [0.2, 0.25) is 5.91 Å². The largest absolute Gasteiger partial charge is 0.495 e. The Bertz CT molecular complexity index is 1390. The number of ether oxygens (including phenoxy) is 2. The molecule has 2 aromatic carbocycles. The third-order valence-corrected chi connectivity index (χ3v) is 9.06. The van der Waals surface area contributed by atoms with Gasteiger partial charge in [-0.15, -0.1) is 11.3 Å². The minimum atomic E-state index is -4.18. The lowest BCUT2D eigenvalue weighted by Gasteiger charge is -2.25. The molecule has 0 saturated heterocycles. The zero-order valence-corrected chi connectivity index (χ0v) is 22.1. The van der Waals surface area contributed by atoms with Crippen LogP contribution in [-0.2, 0) is 32.4 Å². The number of fused-ring (bicyclic) bond motifs is 1. The van der Waals surface area contributed by atoms with Crippen LogP contribution in [-0.4, -0.2) is 41.1 Å². The molecule has 1 N–H and O–H groups in total. The molecule has 3 aromatic rings. The van der Waals surface area contributed by atoms with Gasteiger partial charge in [-0.1, -0.05) is 29.8 Å². The number of benzene rings is 2. The number of hydrogen-bond donors (Lipinski definition) is 1. The molecule has 0 aliphatic heterocycles. The van der Waals surface area contributed by atoms with Crippen LogP contribution in [0, 0.1) is 0 Å². The van der Waals surface area contributed by atoms with Gasteiger partial charge >= 0.3 is 5.97 Å². The second-order valence-corrected chi connectivity index (χ2v) is 11.5. The number of hydrogen-bond acceptors (Lipinski definition) is 7. The van der Waals surface area contributed by atoms with E-state index in [1.54, 1.807) is 24.3 Å². The van der Waals surface area contributed by atoms with Crippen molar-refractivity contribution in [1.29, 1.82) is 0 Å². The number of amides is 1. The highest BCUT2D eigenvalue weighted by Gasteiger charge is 2.31. The summed E-state index contributed by atoms with van der Waals surface area (Å²) in [4.78, 5) is 26.9. The normalized spacial score (nSPS) is 13.0. The van der Waals surface area contributed by atoms with Crippen LogP contribution in [0.3, 0.4) is 0 Å². The molecule has 1 aliphatic carbocycles. The Labute approximate surface area is 218 Å². The van der Waals surface area contributed by atoms with E-state index in [1.807, 2.05) is 0 Å². The van der Waals surface area contributed by atoms with Crippen LogP contribution < -0.4 is 14.4 Å². The van der Waals surface area contributed by atoms with Gasteiger partial charge in [0.15, 0.2) is 0 Å². The molecule has 1 aromatic heterocycles. The Hall–Kier alpha value is -3.08. The van der Waals surface area contributed by atoms with Gasteiger partial charge in [-0.05, 0) is 61.6 Å². The predicted molar refractivity (Wildman–Crippen MR) is 140 cm³/mol. The number of rotatable bonds is 8. The number of methoxy groups -OCH3 is 2. The fourth-order valence-electron chi connectivity index (χ4n) is 4.15. The van der Waals surface area contributed by atoms with Crippen molar-refractivity contribution in [2.45, 2.75) is 30.6 Å². The second-order valence-electron chi connectivity index (χ2n) is 8.10. The average molecular weight is 549 g/mol. The molecular weight excluding hydrogens is 524 g/mol. The maximum Gasteiger partial charge on any atom is 0.341 e. The summed E-state index contributed by atoms with van der Waals surface area (Å²) in [6.45, 7) is -0.572. The van der Waals surface area contributed by atoms with Crippen molar-refractivity contribution in [3.8, 4) is 5.75 Å². The summed E-state index contributed by atoms with van der Waals surface area (Å²) in [6, 6.07) is 12.3. The van der Waals surface area contributed by atoms with Gasteiger partial charge in [-0.3, -0.25) is 9.10 Å². The molecule has 1 amide bonds. The van der Waals surface area contributed by atoms with E-state index in [-0.39, 0.29) is 21.4 Å². The first-order valence-electron chi connectivity index (χ1n) is 11.2. The van der Waals surface area contributed by atoms with E-state index in [0.717, 1.165) is 40.4 Å². The third kappa shape index (κ3) is 5.21. The first-order chi connectivity index (χ1) is 17.3. The van der Waals surface area contributed by atoms with Crippen LogP contribution in [0.2, 0.25) is 5.02 Å². The first-order valence-corrected chi connectivity index (χ1v) is 13.8. The Kier molecular flexibility index (Phi) is 7.87. The topological polar surface area (TPSA) is 102 Å². The van der Waals surface area contributed by atoms with Crippen molar-refractivity contribution in [2.24, 2.45) is 0 Å². The molecular formula is C25H25ClN2O6S2. The lowest BCUT2D eigenvalue weighted by atomic mass is 9.95. The van der Waals surface area contributed by atoms with E-state index >= 15 is 0 Å². The van der Waals surface area contributed by atoms with Crippen molar-refractivity contribution in [2.75, 3.05) is 30.4 Å². The Morgan fingerprint density at radius 2 is 1.81 bits per heavy atom. The summed E-state index contributed by atoms with van der Waals surface area (Å²) in [6.07, 6.45) is 3.48. The molecule has 11 heteroatoms. The van der Waals surface area contributed by atoms with Crippen LogP contribution in [0.5, 0.6) is 5.75 Å². The number of esters is 1. The standard InChI is InChI=1S/C25H25ClN2O6S2/c1-33-20-13-12-16(26)14-19(20)28(36(31,32)17-8-4-3-5-9-17)15-22(29)27-24-23(25(30)34-2)18-10-6-7-11-21(18)35-24/h3-5,8-9,12-14H,6-7,10-11,15H2,1-2H3,(H,27,29). The molecule has 0 fully saturated rings. The van der Waals surface area contributed by atoms with Crippen LogP contribution >= 0.6 is 22.9 Å². The van der Waals surface area contributed by atoms with E-state index in [2.05, 4.69) is 5.32 Å². The monoisotopic (exact) mass is 548 g/mol. The summed E-state index contributed by atoms with van der Waals surface area (Å²) in [7, 11) is -1.48. The zero-order chi connectivity index (χ0) is 25.9. The number of carbonyl (C=O) groups is 2. The number of halogens is 1. The first kappa shape index (κ1) is 26.0. The minimum absolute atomic E-state index is 0.00154. The van der Waals surface area contributed by atoms with Gasteiger partial charge in [0.05, 0.1) is 30.4 Å². The van der Waals surface area contributed by atoms with Gasteiger partial charge in [-0.2, -0.15) is 0 Å². The number of aryl methyl sites for hydroxylation is 1. The van der Waals surface area contributed by atoms with E-state index in [4.69, 9.17) is 21.1 Å². The Morgan fingerprint density at radius 1 is 1.08 bits per heavy atom. The Balaban J connectivity index is 1.73. The molecule has 0 spiro atoms. The highest BCUT2D eigenvalue weighted by atomic mass is 35.5. The van der Waals surface area contributed by atoms with E-state index in [0.29, 0.717) is 10.6 Å². The molecule has 0 saturated carbocycles. The second kappa shape index (κ2) is 10.9. The Morgan fingerprint density at radius 3 is 2.50 bits per heavy atom. The van der Waals surface area contributed by atoms with Crippen LogP contribution in [0.25, 0.3) is 0 Å². The van der Waals surface area contributed by atoms with E-state index in [1.165, 1.54) is 49.8 Å². The molecule has 4 rings (SSSR count). The summed E-state index contributed by atoms with van der Waals surface area (Å²) in [5.41, 5.74) is 1.34. The lowest BCUT2D eigenvalue weighted by molar-refractivity contribution is -0.114. The lowest BCUT2D eigenvalue weighted by Crippen LogP contribution is -2.38. The zero-order valence-electron chi connectivity index (χ0n) is 19.7. The SMILES string of the molecule is COC(=O)c1c(NC(=O)CN(c2cc(Cl)ccc2OC)S(=O)(=O)c2ccccc2)sc2c1CCCC2. The number of thiophene rings is 1. The highest BCUT2D eigenvalue weighted by molar-refractivity contribution is 7.92. The molecule has 190 valence electrons. The van der Waals surface area contributed by atoms with Crippen molar-refractivity contribution < 1.29 is 27.5 Å². The smallest absolute Gasteiger partial charge is 0.341 e. The highest BCUT2D eigenvalue weighted by Crippen LogP contribution is 2.39. The van der Waals surface area contributed by atoms with Crippen LogP contribution in [0.1, 0.15) is 33.6 Å². The van der Waals surface area contributed by atoms with Crippen molar-refractivity contribution in [1.82, 2.24) is 0 Å². The van der Waals surface area contributed by atoms with Crippen LogP contribution in [0.15, 0.2) is 53.4 Å². The van der Waals surface area contributed by atoms with Gasteiger partial charge in [-0.25, -0.2) is 13.2 Å². The molecule has 1 aliphatic rings. The number of nitrogens with one attached hydrogen (secondary N) is 1. The summed E-state index contributed by atoms with van der Waals surface area (Å²) < 4.78 is 38.6. The van der Waals surface area contributed by atoms with E-state index in [9.17, 15) is 18.0 Å². The van der Waals surface area contributed by atoms with Crippen molar-refractivity contribution in [3.63, 3.8) is 0 Å². The van der Waals surface area contributed by atoms with Gasteiger partial charge < -0.3 is 14.8 Å². The maximum absolute atomic E-state index is 13.7. The average Bonchev–Trinajstić information content (AvgIpc) is 3.24. The maximum atomic E-state index is 13.7. The molecule has 8 nitrogen and oxygen atoms in total. The van der Waals surface area contributed by atoms with Gasteiger partial charge in [0, 0.05) is 9.90 Å². The van der Waals surface area contributed by atoms with Crippen molar-refractivity contribution >= 4 is 55.5 Å². The third-order valence-electron chi connectivity index (χ3n) is 5.84. The quantitative estimate of drug-likeness (QED) is 0.401. The van der Waals surface area contributed by atoms with Crippen LogP contribution in [0.4, 0.5) is 10.7 Å². The molecule has 0 bridgehead atoms. The number of anilines is 2. The van der Waals surface area contributed by atoms with Gasteiger partial charge in [0.1, 0.15) is 17.3 Å². The van der Waals surface area contributed by atoms with E-state index < -0.39 is 28.4 Å². The fourth-order valence-corrected chi connectivity index (χ4v) is 7.05.